The van der Waals surface area contributed by atoms with Crippen LogP contribution in [-0.4, -0.2) is 23.5 Å². The molecule has 0 unspecified atom stereocenters. The highest BCUT2D eigenvalue weighted by atomic mass is 16.5. The summed E-state index contributed by atoms with van der Waals surface area (Å²) in [5, 5.41) is 8.71. The maximum atomic E-state index is 11.7. The highest BCUT2D eigenvalue weighted by Crippen LogP contribution is 2.25. The van der Waals surface area contributed by atoms with Crippen LogP contribution >= 0.6 is 0 Å². The fourth-order valence-corrected chi connectivity index (χ4v) is 2.06. The van der Waals surface area contributed by atoms with Crippen LogP contribution in [0.4, 0.5) is 0 Å². The summed E-state index contributed by atoms with van der Waals surface area (Å²) in [7, 11) is 0. The van der Waals surface area contributed by atoms with Gasteiger partial charge in [0.2, 0.25) is 0 Å². The molecule has 0 atom stereocenters. The number of carbonyl (C=O) groups is 2. The van der Waals surface area contributed by atoms with Crippen molar-refractivity contribution in [3.05, 3.63) is 41.0 Å². The number of carbonyl (C=O) groups excluding carboxylic acids is 1. The van der Waals surface area contributed by atoms with Crippen LogP contribution in [-0.2, 0) is 11.2 Å². The van der Waals surface area contributed by atoms with Crippen LogP contribution in [0.3, 0.4) is 0 Å². The third-order valence-electron chi connectivity index (χ3n) is 3.20. The van der Waals surface area contributed by atoms with Gasteiger partial charge in [0.1, 0.15) is 12.4 Å². The van der Waals surface area contributed by atoms with Gasteiger partial charge in [0.25, 0.3) is 0 Å². The van der Waals surface area contributed by atoms with Gasteiger partial charge in [-0.15, -0.1) is 0 Å². The van der Waals surface area contributed by atoms with Crippen molar-refractivity contribution in [2.75, 3.05) is 6.61 Å². The van der Waals surface area contributed by atoms with Gasteiger partial charge in [-0.1, -0.05) is 0 Å². The van der Waals surface area contributed by atoms with E-state index in [1.54, 1.807) is 12.1 Å². The lowest BCUT2D eigenvalue weighted by atomic mass is 9.91. The summed E-state index contributed by atoms with van der Waals surface area (Å²) in [6.45, 7) is 1.74. The molecule has 0 spiro atoms. The van der Waals surface area contributed by atoms with Crippen LogP contribution in [0.25, 0.3) is 0 Å². The van der Waals surface area contributed by atoms with E-state index in [4.69, 9.17) is 9.84 Å². The molecule has 0 bridgehead atoms. The van der Waals surface area contributed by atoms with Crippen molar-refractivity contribution in [1.29, 1.82) is 0 Å². The van der Waals surface area contributed by atoms with Crippen LogP contribution < -0.4 is 4.74 Å². The molecule has 1 aromatic rings. The number of benzene rings is 1. The Hall–Kier alpha value is -2.10. The van der Waals surface area contributed by atoms with Crippen LogP contribution in [0.15, 0.2) is 29.8 Å². The van der Waals surface area contributed by atoms with Gasteiger partial charge in [-0.2, -0.15) is 0 Å². The van der Waals surface area contributed by atoms with Crippen molar-refractivity contribution < 1.29 is 19.4 Å². The average molecular weight is 260 g/mol. The summed E-state index contributed by atoms with van der Waals surface area (Å²) in [6.07, 6.45) is 3.91. The lowest BCUT2D eigenvalue weighted by molar-refractivity contribution is -0.132. The Labute approximate surface area is 111 Å². The molecular formula is C15H16O4. The van der Waals surface area contributed by atoms with Crippen molar-refractivity contribution in [3.63, 3.8) is 0 Å². The number of Topliss-reactive ketones (excluding diaryl/α,β-unsaturated/α-hetero) is 1. The predicted molar refractivity (Wildman–Crippen MR) is 70.6 cm³/mol. The van der Waals surface area contributed by atoms with E-state index >= 15 is 0 Å². The summed E-state index contributed by atoms with van der Waals surface area (Å²) in [6, 6.07) is 5.42. The van der Waals surface area contributed by atoms with E-state index < -0.39 is 5.97 Å². The molecule has 0 radical (unpaired) electrons. The van der Waals surface area contributed by atoms with Gasteiger partial charge in [-0.3, -0.25) is 4.79 Å². The molecule has 0 heterocycles. The lowest BCUT2D eigenvalue weighted by Gasteiger charge is -2.15. The molecule has 0 saturated carbocycles. The molecule has 0 aliphatic heterocycles. The molecule has 1 aliphatic rings. The Kier molecular flexibility index (Phi) is 4.00. The number of hydrogen-bond acceptors (Lipinski definition) is 3. The number of hydrogen-bond donors (Lipinski definition) is 1. The highest BCUT2D eigenvalue weighted by molar-refractivity contribution is 5.98. The quantitative estimate of drug-likeness (QED) is 0.845. The number of carboxylic acids is 1. The zero-order chi connectivity index (χ0) is 13.8. The van der Waals surface area contributed by atoms with Gasteiger partial charge in [0.15, 0.2) is 5.78 Å². The SMILES string of the molecule is CC(=CCOc1ccc2c(c1)CCCC2=O)C(=O)O. The number of rotatable bonds is 4. The second kappa shape index (κ2) is 5.69. The van der Waals surface area contributed by atoms with Gasteiger partial charge < -0.3 is 9.84 Å². The van der Waals surface area contributed by atoms with Crippen LogP contribution in [0.1, 0.15) is 35.7 Å². The van der Waals surface area contributed by atoms with Gasteiger partial charge in [0, 0.05) is 17.6 Å². The first-order chi connectivity index (χ1) is 9.08. The van der Waals surface area contributed by atoms with E-state index in [-0.39, 0.29) is 18.0 Å². The maximum absolute atomic E-state index is 11.7. The molecule has 1 aromatic carbocycles. The third-order valence-corrected chi connectivity index (χ3v) is 3.20. The Bertz CT molecular complexity index is 543. The number of aryl methyl sites for hydroxylation is 1. The first-order valence-corrected chi connectivity index (χ1v) is 6.27. The second-order valence-corrected chi connectivity index (χ2v) is 4.60. The monoisotopic (exact) mass is 260 g/mol. The largest absolute Gasteiger partial charge is 0.490 e. The van der Waals surface area contributed by atoms with E-state index in [0.717, 1.165) is 24.0 Å². The molecule has 2 rings (SSSR count). The average Bonchev–Trinajstić information content (AvgIpc) is 2.38. The minimum atomic E-state index is -0.945. The first kappa shape index (κ1) is 13.3. The van der Waals surface area contributed by atoms with Crippen LogP contribution in [0, 0.1) is 0 Å². The molecule has 0 aromatic heterocycles. The molecule has 4 heteroatoms. The normalized spacial score (nSPS) is 15.0. The van der Waals surface area contributed by atoms with Gasteiger partial charge in [-0.05, 0) is 49.6 Å². The molecule has 1 N–H and O–H groups in total. The zero-order valence-corrected chi connectivity index (χ0v) is 10.8. The van der Waals surface area contributed by atoms with Gasteiger partial charge >= 0.3 is 5.97 Å². The first-order valence-electron chi connectivity index (χ1n) is 6.27. The van der Waals surface area contributed by atoms with Crippen LogP contribution in [0.2, 0.25) is 0 Å². The van der Waals surface area contributed by atoms with Crippen LogP contribution in [0.5, 0.6) is 5.75 Å². The molecule has 0 saturated heterocycles. The fourth-order valence-electron chi connectivity index (χ4n) is 2.06. The number of aliphatic carboxylic acids is 1. The molecular weight excluding hydrogens is 244 g/mol. The van der Waals surface area contributed by atoms with E-state index in [2.05, 4.69) is 0 Å². The van der Waals surface area contributed by atoms with Crippen molar-refractivity contribution in [1.82, 2.24) is 0 Å². The summed E-state index contributed by atoms with van der Waals surface area (Å²) >= 11 is 0. The van der Waals surface area contributed by atoms with Crippen molar-refractivity contribution in [2.24, 2.45) is 0 Å². The summed E-state index contributed by atoms with van der Waals surface area (Å²) in [5.74, 6) is -0.0862. The van der Waals surface area contributed by atoms with E-state index in [9.17, 15) is 9.59 Å². The van der Waals surface area contributed by atoms with E-state index in [1.807, 2.05) is 6.07 Å². The Morgan fingerprint density at radius 2 is 2.21 bits per heavy atom. The minimum absolute atomic E-state index is 0.189. The third kappa shape index (κ3) is 3.22. The molecule has 0 amide bonds. The van der Waals surface area contributed by atoms with Crippen molar-refractivity contribution in [2.45, 2.75) is 26.2 Å². The molecule has 1 aliphatic carbocycles. The molecule has 19 heavy (non-hydrogen) atoms. The smallest absolute Gasteiger partial charge is 0.331 e. The summed E-state index contributed by atoms with van der Waals surface area (Å²) < 4.78 is 5.48. The van der Waals surface area contributed by atoms with Gasteiger partial charge in [0.05, 0.1) is 0 Å². The van der Waals surface area contributed by atoms with Gasteiger partial charge in [-0.25, -0.2) is 4.79 Å². The fraction of sp³-hybridized carbons (Fsp3) is 0.333. The summed E-state index contributed by atoms with van der Waals surface area (Å²) in [5.41, 5.74) is 2.07. The van der Waals surface area contributed by atoms with E-state index in [0.29, 0.717) is 12.2 Å². The Morgan fingerprint density at radius 1 is 1.42 bits per heavy atom. The predicted octanol–water partition coefficient (Wildman–Crippen LogP) is 2.62. The Morgan fingerprint density at radius 3 is 2.95 bits per heavy atom. The van der Waals surface area contributed by atoms with Crippen molar-refractivity contribution in [3.8, 4) is 5.75 Å². The number of carboxylic acid groups (broad SMARTS) is 1. The summed E-state index contributed by atoms with van der Waals surface area (Å²) in [4.78, 5) is 22.3. The molecule has 4 nitrogen and oxygen atoms in total. The number of ketones is 1. The molecule has 0 fully saturated rings. The topological polar surface area (TPSA) is 63.6 Å². The van der Waals surface area contributed by atoms with Crippen molar-refractivity contribution >= 4 is 11.8 Å². The lowest BCUT2D eigenvalue weighted by Crippen LogP contribution is -2.10. The Balaban J connectivity index is 2.05. The molecule has 100 valence electrons. The highest BCUT2D eigenvalue weighted by Gasteiger charge is 2.17. The second-order valence-electron chi connectivity index (χ2n) is 4.60. The minimum Gasteiger partial charge on any atom is -0.490 e. The maximum Gasteiger partial charge on any atom is 0.331 e. The standard InChI is InChI=1S/C15H16O4/c1-10(15(17)18)7-8-19-12-5-6-13-11(9-12)3-2-4-14(13)16/h5-7,9H,2-4,8H2,1H3,(H,17,18). The zero-order valence-electron chi connectivity index (χ0n) is 10.8. The number of fused-ring (bicyclic) bond motifs is 1. The number of ether oxygens (including phenoxy) is 1. The van der Waals surface area contributed by atoms with E-state index in [1.165, 1.54) is 13.0 Å².